The van der Waals surface area contributed by atoms with Crippen molar-refractivity contribution >= 4 is 5.78 Å². The zero-order valence-corrected chi connectivity index (χ0v) is 14.1. The van der Waals surface area contributed by atoms with Crippen molar-refractivity contribution in [1.82, 2.24) is 0 Å². The number of rotatable bonds is 11. The summed E-state index contributed by atoms with van der Waals surface area (Å²) in [5.41, 5.74) is 6.90. The summed E-state index contributed by atoms with van der Waals surface area (Å²) in [5, 5.41) is 0. The lowest BCUT2D eigenvalue weighted by molar-refractivity contribution is -0.119. The molecule has 0 saturated carbocycles. The quantitative estimate of drug-likeness (QED) is 0.419. The van der Waals surface area contributed by atoms with Gasteiger partial charge >= 0.3 is 0 Å². The highest BCUT2D eigenvalue weighted by molar-refractivity contribution is 5.85. The monoisotopic (exact) mass is 281 g/mol. The fraction of sp³-hybridized carbons (Fsp3) is 0.722. The van der Waals surface area contributed by atoms with Gasteiger partial charge in [0.05, 0.1) is 6.04 Å². The second-order valence-corrected chi connectivity index (χ2v) is 4.96. The van der Waals surface area contributed by atoms with Gasteiger partial charge in [-0.3, -0.25) is 4.79 Å². The van der Waals surface area contributed by atoms with Gasteiger partial charge in [-0.05, 0) is 26.2 Å². The molecule has 2 nitrogen and oxygen atoms in total. The van der Waals surface area contributed by atoms with E-state index in [4.69, 9.17) is 5.73 Å². The zero-order valence-electron chi connectivity index (χ0n) is 14.1. The van der Waals surface area contributed by atoms with Crippen LogP contribution >= 0.6 is 0 Å². The van der Waals surface area contributed by atoms with Crippen LogP contribution in [-0.4, -0.2) is 11.8 Å². The maximum Gasteiger partial charge on any atom is 0.153 e. The number of carbonyl (C=O) groups is 1. The Kier molecular flexibility index (Phi) is 17.3. The maximum atomic E-state index is 11.8. The van der Waals surface area contributed by atoms with Gasteiger partial charge in [-0.15, -0.1) is 0 Å². The fourth-order valence-electron chi connectivity index (χ4n) is 1.87. The maximum absolute atomic E-state index is 11.8. The average Bonchev–Trinajstić information content (AvgIpc) is 2.45. The molecule has 0 heterocycles. The van der Waals surface area contributed by atoms with Crippen molar-refractivity contribution in [2.24, 2.45) is 5.73 Å². The molecule has 0 fully saturated rings. The van der Waals surface area contributed by atoms with Crippen LogP contribution < -0.4 is 5.73 Å². The van der Waals surface area contributed by atoms with E-state index in [2.05, 4.69) is 19.6 Å². The molecular weight excluding hydrogens is 246 g/mol. The van der Waals surface area contributed by atoms with Gasteiger partial charge in [-0.1, -0.05) is 70.8 Å². The number of hydrogen-bond acceptors (Lipinski definition) is 2. The van der Waals surface area contributed by atoms with Gasteiger partial charge in [0.1, 0.15) is 0 Å². The van der Waals surface area contributed by atoms with Crippen molar-refractivity contribution in [3.05, 3.63) is 24.3 Å². The minimum Gasteiger partial charge on any atom is -0.321 e. The summed E-state index contributed by atoms with van der Waals surface area (Å²) >= 11 is 0. The molecule has 0 rings (SSSR count). The molecule has 0 aliphatic carbocycles. The van der Waals surface area contributed by atoms with E-state index in [9.17, 15) is 4.79 Å². The third-order valence-corrected chi connectivity index (χ3v) is 3.11. The molecule has 0 aromatic heterocycles. The van der Waals surface area contributed by atoms with Crippen LogP contribution in [0.3, 0.4) is 0 Å². The summed E-state index contributed by atoms with van der Waals surface area (Å²) in [5.74, 6) is 0.150. The van der Waals surface area contributed by atoms with Crippen LogP contribution in [0.4, 0.5) is 0 Å². The Hall–Kier alpha value is -0.890. The first-order valence-electron chi connectivity index (χ1n) is 8.17. The summed E-state index contributed by atoms with van der Waals surface area (Å²) < 4.78 is 0. The van der Waals surface area contributed by atoms with Gasteiger partial charge in [0.25, 0.3) is 0 Å². The summed E-state index contributed by atoms with van der Waals surface area (Å²) in [6.45, 7) is 12.1. The number of Topliss-reactive ketones (excluding diaryl/α,β-unsaturated/α-hetero) is 1. The SMILES string of the molecule is C=C(CC/C=C\C)CC(=O)C(N)CCCCCC.CC. The smallest absolute Gasteiger partial charge is 0.153 e. The Labute approximate surface area is 126 Å². The minimum atomic E-state index is -0.291. The topological polar surface area (TPSA) is 43.1 Å². The normalized spacial score (nSPS) is 11.8. The Morgan fingerprint density at radius 2 is 1.90 bits per heavy atom. The second-order valence-electron chi connectivity index (χ2n) is 4.96. The molecule has 0 amide bonds. The van der Waals surface area contributed by atoms with Crippen molar-refractivity contribution in [3.8, 4) is 0 Å². The first kappa shape index (κ1) is 21.4. The van der Waals surface area contributed by atoms with Gasteiger partial charge in [-0.25, -0.2) is 0 Å². The van der Waals surface area contributed by atoms with Crippen molar-refractivity contribution < 1.29 is 4.79 Å². The van der Waals surface area contributed by atoms with Crippen LogP contribution in [0.5, 0.6) is 0 Å². The van der Waals surface area contributed by atoms with E-state index in [0.29, 0.717) is 6.42 Å². The van der Waals surface area contributed by atoms with E-state index in [-0.39, 0.29) is 11.8 Å². The summed E-state index contributed by atoms with van der Waals surface area (Å²) in [6.07, 6.45) is 11.9. The molecule has 0 spiro atoms. The fourth-order valence-corrected chi connectivity index (χ4v) is 1.87. The van der Waals surface area contributed by atoms with Crippen molar-refractivity contribution in [2.45, 2.75) is 85.1 Å². The standard InChI is InChI=1S/C16H29NO.C2H6/c1-4-6-8-10-12-15(17)16(18)13-14(3)11-9-7-5-2;1-2/h5,7,15H,3-4,6,8-13,17H2,1-2H3;1-2H3/b7-5-;. The number of hydrogen-bond donors (Lipinski definition) is 1. The van der Waals surface area contributed by atoms with Crippen LogP contribution in [0.25, 0.3) is 0 Å². The van der Waals surface area contributed by atoms with Gasteiger partial charge in [0.2, 0.25) is 0 Å². The molecular formula is C18H35NO. The average molecular weight is 281 g/mol. The third-order valence-electron chi connectivity index (χ3n) is 3.11. The van der Waals surface area contributed by atoms with E-state index >= 15 is 0 Å². The van der Waals surface area contributed by atoms with Gasteiger partial charge in [0, 0.05) is 6.42 Å². The highest BCUT2D eigenvalue weighted by atomic mass is 16.1. The van der Waals surface area contributed by atoms with E-state index in [1.807, 2.05) is 26.8 Å². The summed E-state index contributed by atoms with van der Waals surface area (Å²) in [4.78, 5) is 11.8. The van der Waals surface area contributed by atoms with Gasteiger partial charge in [0.15, 0.2) is 5.78 Å². The number of allylic oxidation sites excluding steroid dienone is 3. The Balaban J connectivity index is 0. The Morgan fingerprint density at radius 3 is 2.45 bits per heavy atom. The molecule has 0 radical (unpaired) electrons. The lowest BCUT2D eigenvalue weighted by Gasteiger charge is -2.11. The van der Waals surface area contributed by atoms with Crippen LogP contribution in [0.15, 0.2) is 24.3 Å². The molecule has 1 unspecified atom stereocenters. The molecule has 2 N–H and O–H groups in total. The zero-order chi connectivity index (χ0) is 15.8. The highest BCUT2D eigenvalue weighted by Gasteiger charge is 2.13. The van der Waals surface area contributed by atoms with Crippen molar-refractivity contribution in [1.29, 1.82) is 0 Å². The van der Waals surface area contributed by atoms with Crippen LogP contribution in [0.1, 0.15) is 79.1 Å². The van der Waals surface area contributed by atoms with E-state index < -0.39 is 0 Å². The molecule has 0 aliphatic heterocycles. The highest BCUT2D eigenvalue weighted by Crippen LogP contribution is 2.12. The molecule has 0 aromatic carbocycles. The van der Waals surface area contributed by atoms with Gasteiger partial charge < -0.3 is 5.73 Å². The lowest BCUT2D eigenvalue weighted by Crippen LogP contribution is -2.30. The first-order chi connectivity index (χ1) is 9.61. The predicted octanol–water partition coefficient (Wildman–Crippen LogP) is 5.18. The largest absolute Gasteiger partial charge is 0.321 e. The van der Waals surface area contributed by atoms with E-state index in [1.165, 1.54) is 19.3 Å². The molecule has 0 aliphatic rings. The second kappa shape index (κ2) is 16.2. The van der Waals surface area contributed by atoms with Gasteiger partial charge in [-0.2, -0.15) is 0 Å². The molecule has 0 bridgehead atoms. The van der Waals surface area contributed by atoms with E-state index in [0.717, 1.165) is 31.3 Å². The van der Waals surface area contributed by atoms with E-state index in [1.54, 1.807) is 0 Å². The van der Waals surface area contributed by atoms with Crippen LogP contribution in [0, 0.1) is 0 Å². The predicted molar refractivity (Wildman–Crippen MR) is 90.9 cm³/mol. The lowest BCUT2D eigenvalue weighted by atomic mass is 9.98. The molecule has 118 valence electrons. The Bertz CT molecular complexity index is 269. The summed E-state index contributed by atoms with van der Waals surface area (Å²) in [7, 11) is 0. The number of nitrogens with two attached hydrogens (primary N) is 1. The molecule has 0 aromatic rings. The molecule has 2 heteroatoms. The molecule has 1 atom stereocenters. The summed E-state index contributed by atoms with van der Waals surface area (Å²) in [6, 6.07) is -0.291. The van der Waals surface area contributed by atoms with Crippen LogP contribution in [-0.2, 0) is 4.79 Å². The van der Waals surface area contributed by atoms with Crippen LogP contribution in [0.2, 0.25) is 0 Å². The number of unbranched alkanes of at least 4 members (excludes halogenated alkanes) is 3. The third kappa shape index (κ3) is 13.5. The van der Waals surface area contributed by atoms with Crippen molar-refractivity contribution in [3.63, 3.8) is 0 Å². The Morgan fingerprint density at radius 1 is 1.25 bits per heavy atom. The first-order valence-corrected chi connectivity index (χ1v) is 8.17. The number of carbonyl (C=O) groups excluding carboxylic acids is 1. The number of ketones is 1. The molecule has 0 saturated heterocycles. The van der Waals surface area contributed by atoms with Crippen molar-refractivity contribution in [2.75, 3.05) is 0 Å². The molecule has 20 heavy (non-hydrogen) atoms. The minimum absolute atomic E-state index is 0.150.